The lowest BCUT2D eigenvalue weighted by Crippen LogP contribution is -2.33. The largest absolute Gasteiger partial charge is 0.396 e. The van der Waals surface area contributed by atoms with Gasteiger partial charge in [0.2, 0.25) is 0 Å². The van der Waals surface area contributed by atoms with Crippen molar-refractivity contribution in [3.05, 3.63) is 48.0 Å². The van der Waals surface area contributed by atoms with Crippen molar-refractivity contribution in [2.45, 2.75) is 32.7 Å². The summed E-state index contributed by atoms with van der Waals surface area (Å²) in [6, 6.07) is 7.81. The average molecular weight is 342 g/mol. The minimum Gasteiger partial charge on any atom is -0.396 e. The number of anilines is 1. The molecule has 2 amide bonds. The van der Waals surface area contributed by atoms with Gasteiger partial charge >= 0.3 is 6.03 Å². The van der Waals surface area contributed by atoms with E-state index >= 15 is 0 Å². The van der Waals surface area contributed by atoms with Crippen molar-refractivity contribution >= 4 is 11.7 Å². The third-order valence-corrected chi connectivity index (χ3v) is 4.63. The quantitative estimate of drug-likeness (QED) is 0.878. The highest BCUT2D eigenvalue weighted by Gasteiger charge is 2.25. The zero-order valence-corrected chi connectivity index (χ0v) is 14.9. The Morgan fingerprint density at radius 3 is 3.00 bits per heavy atom. The first-order valence-electron chi connectivity index (χ1n) is 8.83. The van der Waals surface area contributed by atoms with E-state index in [1.165, 1.54) is 0 Å². The summed E-state index contributed by atoms with van der Waals surface area (Å²) in [5.74, 6) is 1.63. The summed E-state index contributed by atoms with van der Waals surface area (Å²) in [6.07, 6.45) is 4.67. The van der Waals surface area contributed by atoms with E-state index in [0.29, 0.717) is 19.0 Å². The van der Waals surface area contributed by atoms with Crippen molar-refractivity contribution in [3.8, 4) is 0 Å². The Morgan fingerprint density at radius 2 is 2.28 bits per heavy atom. The van der Waals surface area contributed by atoms with Gasteiger partial charge < -0.3 is 19.9 Å². The van der Waals surface area contributed by atoms with Gasteiger partial charge in [0, 0.05) is 56.2 Å². The molecule has 1 saturated heterocycles. The second-order valence-electron chi connectivity index (χ2n) is 6.98. The van der Waals surface area contributed by atoms with E-state index < -0.39 is 0 Å². The molecule has 1 atom stereocenters. The van der Waals surface area contributed by atoms with E-state index in [-0.39, 0.29) is 18.6 Å². The SMILES string of the molecule is CC(C)c1nccn1Cc1cccc(NC(=O)N2CCC(CO)C2)c1. The monoisotopic (exact) mass is 342 g/mol. The van der Waals surface area contributed by atoms with Crippen molar-refractivity contribution in [1.82, 2.24) is 14.5 Å². The molecule has 2 heterocycles. The summed E-state index contributed by atoms with van der Waals surface area (Å²) in [5.41, 5.74) is 1.91. The molecule has 134 valence electrons. The first-order chi connectivity index (χ1) is 12.1. The molecule has 3 rings (SSSR count). The second kappa shape index (κ2) is 7.70. The predicted molar refractivity (Wildman–Crippen MR) is 97.6 cm³/mol. The molecule has 1 aromatic heterocycles. The third kappa shape index (κ3) is 4.20. The highest BCUT2D eigenvalue weighted by molar-refractivity contribution is 5.89. The normalized spacial score (nSPS) is 17.3. The highest BCUT2D eigenvalue weighted by Crippen LogP contribution is 2.19. The molecular formula is C19H26N4O2. The fraction of sp³-hybridized carbons (Fsp3) is 0.474. The molecule has 1 aromatic carbocycles. The van der Waals surface area contributed by atoms with Gasteiger partial charge in [-0.3, -0.25) is 0 Å². The molecule has 0 bridgehead atoms. The van der Waals surface area contributed by atoms with E-state index in [4.69, 9.17) is 0 Å². The molecule has 0 radical (unpaired) electrons. The Labute approximate surface area is 148 Å². The first kappa shape index (κ1) is 17.5. The van der Waals surface area contributed by atoms with Gasteiger partial charge in [0.15, 0.2) is 0 Å². The lowest BCUT2D eigenvalue weighted by molar-refractivity contribution is 0.209. The molecule has 1 unspecified atom stereocenters. The molecule has 2 N–H and O–H groups in total. The number of aliphatic hydroxyl groups excluding tert-OH is 1. The van der Waals surface area contributed by atoms with Crippen LogP contribution in [0.25, 0.3) is 0 Å². The number of aromatic nitrogens is 2. The summed E-state index contributed by atoms with van der Waals surface area (Å²) in [6.45, 7) is 6.45. The Balaban J connectivity index is 1.65. The van der Waals surface area contributed by atoms with Crippen LogP contribution in [-0.4, -0.2) is 45.3 Å². The van der Waals surface area contributed by atoms with E-state index in [2.05, 4.69) is 34.8 Å². The number of carbonyl (C=O) groups excluding carboxylic acids is 1. The number of nitrogens with one attached hydrogen (secondary N) is 1. The molecule has 1 fully saturated rings. The number of rotatable bonds is 5. The molecule has 1 aliphatic heterocycles. The van der Waals surface area contributed by atoms with Gasteiger partial charge in [-0.25, -0.2) is 9.78 Å². The van der Waals surface area contributed by atoms with Crippen LogP contribution in [0, 0.1) is 5.92 Å². The maximum absolute atomic E-state index is 12.4. The summed E-state index contributed by atoms with van der Waals surface area (Å²) < 4.78 is 2.14. The highest BCUT2D eigenvalue weighted by atomic mass is 16.3. The number of likely N-dealkylation sites (tertiary alicyclic amines) is 1. The van der Waals surface area contributed by atoms with Crippen molar-refractivity contribution in [2.24, 2.45) is 5.92 Å². The van der Waals surface area contributed by atoms with Crippen LogP contribution in [0.4, 0.5) is 10.5 Å². The predicted octanol–water partition coefficient (Wildman–Crippen LogP) is 2.90. The molecule has 0 saturated carbocycles. The maximum atomic E-state index is 12.4. The summed E-state index contributed by atoms with van der Waals surface area (Å²) in [7, 11) is 0. The number of imidazole rings is 1. The molecule has 0 spiro atoms. The lowest BCUT2D eigenvalue weighted by atomic mass is 10.1. The van der Waals surface area contributed by atoms with Gasteiger partial charge in [-0.2, -0.15) is 0 Å². The van der Waals surface area contributed by atoms with E-state index in [9.17, 15) is 9.90 Å². The Morgan fingerprint density at radius 1 is 1.44 bits per heavy atom. The minimum atomic E-state index is -0.0985. The van der Waals surface area contributed by atoms with Crippen molar-refractivity contribution in [3.63, 3.8) is 0 Å². The van der Waals surface area contributed by atoms with Gasteiger partial charge in [0.05, 0.1) is 0 Å². The molecular weight excluding hydrogens is 316 g/mol. The molecule has 6 heteroatoms. The number of carbonyl (C=O) groups is 1. The van der Waals surface area contributed by atoms with Crippen LogP contribution in [0.1, 0.15) is 37.6 Å². The molecule has 2 aromatic rings. The van der Waals surface area contributed by atoms with E-state index in [0.717, 1.165) is 30.0 Å². The first-order valence-corrected chi connectivity index (χ1v) is 8.83. The van der Waals surface area contributed by atoms with Crippen molar-refractivity contribution in [1.29, 1.82) is 0 Å². The fourth-order valence-electron chi connectivity index (χ4n) is 3.27. The zero-order valence-electron chi connectivity index (χ0n) is 14.9. The molecule has 25 heavy (non-hydrogen) atoms. The number of aliphatic hydroxyl groups is 1. The van der Waals surface area contributed by atoms with Crippen LogP contribution in [0.2, 0.25) is 0 Å². The van der Waals surface area contributed by atoms with Crippen LogP contribution in [0.15, 0.2) is 36.7 Å². The molecule has 6 nitrogen and oxygen atoms in total. The molecule has 0 aliphatic carbocycles. The second-order valence-corrected chi connectivity index (χ2v) is 6.98. The fourth-order valence-corrected chi connectivity index (χ4v) is 3.27. The number of urea groups is 1. The van der Waals surface area contributed by atoms with Crippen LogP contribution in [-0.2, 0) is 6.54 Å². The number of amides is 2. The Kier molecular flexibility index (Phi) is 5.38. The standard InChI is InChI=1S/C19H26N4O2/c1-14(2)18-20-7-9-22(18)11-15-4-3-5-17(10-15)21-19(25)23-8-6-16(12-23)13-24/h3-5,7,9-10,14,16,24H,6,8,11-13H2,1-2H3,(H,21,25). The third-order valence-electron chi connectivity index (χ3n) is 4.63. The van der Waals surface area contributed by atoms with Crippen molar-refractivity contribution in [2.75, 3.05) is 25.0 Å². The average Bonchev–Trinajstić information content (AvgIpc) is 3.24. The topological polar surface area (TPSA) is 70.4 Å². The van der Waals surface area contributed by atoms with Crippen LogP contribution >= 0.6 is 0 Å². The number of benzene rings is 1. The van der Waals surface area contributed by atoms with E-state index in [1.54, 1.807) is 4.90 Å². The van der Waals surface area contributed by atoms with Crippen molar-refractivity contribution < 1.29 is 9.90 Å². The number of hydrogen-bond donors (Lipinski definition) is 2. The molecule has 1 aliphatic rings. The van der Waals surface area contributed by atoms with E-state index in [1.807, 2.05) is 30.6 Å². The van der Waals surface area contributed by atoms with Gasteiger partial charge in [-0.1, -0.05) is 26.0 Å². The van der Waals surface area contributed by atoms with Gasteiger partial charge in [0.1, 0.15) is 5.82 Å². The van der Waals surface area contributed by atoms with Gasteiger partial charge in [0.25, 0.3) is 0 Å². The maximum Gasteiger partial charge on any atom is 0.321 e. The summed E-state index contributed by atoms with van der Waals surface area (Å²) >= 11 is 0. The minimum absolute atomic E-state index is 0.0985. The van der Waals surface area contributed by atoms with Gasteiger partial charge in [-0.15, -0.1) is 0 Å². The van der Waals surface area contributed by atoms with Crippen LogP contribution < -0.4 is 5.32 Å². The zero-order chi connectivity index (χ0) is 17.8. The number of hydrogen-bond acceptors (Lipinski definition) is 3. The van der Waals surface area contributed by atoms with Gasteiger partial charge in [-0.05, 0) is 24.1 Å². The Hall–Kier alpha value is -2.34. The summed E-state index contributed by atoms with van der Waals surface area (Å²) in [4.78, 5) is 18.5. The Bertz CT molecular complexity index is 726. The summed E-state index contributed by atoms with van der Waals surface area (Å²) in [5, 5.41) is 12.2. The number of nitrogens with zero attached hydrogens (tertiary/aromatic N) is 3. The lowest BCUT2D eigenvalue weighted by Gasteiger charge is -2.17. The van der Waals surface area contributed by atoms with Crippen LogP contribution in [0.3, 0.4) is 0 Å². The smallest absolute Gasteiger partial charge is 0.321 e. The van der Waals surface area contributed by atoms with Crippen LogP contribution in [0.5, 0.6) is 0 Å².